The molecule has 1 amide bonds. The second-order valence-corrected chi connectivity index (χ2v) is 9.41. The minimum absolute atomic E-state index is 0.115. The van der Waals surface area contributed by atoms with E-state index in [2.05, 4.69) is 11.6 Å². The molecule has 9 nitrogen and oxygen atoms in total. The van der Waals surface area contributed by atoms with Crippen LogP contribution in [0.2, 0.25) is 0 Å². The van der Waals surface area contributed by atoms with Crippen LogP contribution in [0.15, 0.2) is 66.8 Å². The molecule has 202 valence electrons. The van der Waals surface area contributed by atoms with Gasteiger partial charge in [0.2, 0.25) is 0 Å². The van der Waals surface area contributed by atoms with E-state index in [0.717, 1.165) is 11.3 Å². The van der Waals surface area contributed by atoms with Crippen molar-refractivity contribution < 1.29 is 33.7 Å². The van der Waals surface area contributed by atoms with Gasteiger partial charge in [0.1, 0.15) is 28.7 Å². The lowest BCUT2D eigenvalue weighted by Gasteiger charge is -2.23. The molecule has 1 aromatic heterocycles. The first-order valence-electron chi connectivity index (χ1n) is 12.3. The van der Waals surface area contributed by atoms with Gasteiger partial charge in [-0.1, -0.05) is 36.1 Å². The number of anilines is 1. The van der Waals surface area contributed by atoms with E-state index in [0.29, 0.717) is 34.9 Å². The van der Waals surface area contributed by atoms with Crippen LogP contribution in [0, 0.1) is 6.92 Å². The van der Waals surface area contributed by atoms with Crippen LogP contribution >= 0.6 is 11.3 Å². The molecule has 3 aromatic rings. The summed E-state index contributed by atoms with van der Waals surface area (Å²) in [6, 6.07) is 12.4. The third-order valence-electron chi connectivity index (χ3n) is 5.88. The standard InChI is InChI=1S/C29H28N2O7S/c1-5-15-38-21-10-8-9-19(16-21)23-22(24(32)18-11-13-20(14-12-18)36-6-2)25(33)27(34)31(23)29-30-17(4)26(39-29)28(35)37-7-3/h5,8-14,16,23,32H,1,6-7,15H2,2-4H3/b24-22+. The monoisotopic (exact) mass is 548 g/mol. The first-order chi connectivity index (χ1) is 18.8. The van der Waals surface area contributed by atoms with E-state index in [1.54, 1.807) is 68.5 Å². The second-order valence-electron chi connectivity index (χ2n) is 8.43. The largest absolute Gasteiger partial charge is 0.507 e. The van der Waals surface area contributed by atoms with E-state index in [1.807, 2.05) is 6.92 Å². The van der Waals surface area contributed by atoms with Crippen LogP contribution < -0.4 is 14.4 Å². The molecule has 1 N–H and O–H groups in total. The Morgan fingerprint density at radius 2 is 1.85 bits per heavy atom. The number of amides is 1. The molecule has 1 atom stereocenters. The fourth-order valence-electron chi connectivity index (χ4n) is 4.18. The minimum Gasteiger partial charge on any atom is -0.507 e. The van der Waals surface area contributed by atoms with Crippen LogP contribution in [-0.2, 0) is 14.3 Å². The maximum absolute atomic E-state index is 13.5. The number of hydrogen-bond acceptors (Lipinski definition) is 9. The highest BCUT2D eigenvalue weighted by molar-refractivity contribution is 7.17. The summed E-state index contributed by atoms with van der Waals surface area (Å²) in [7, 11) is 0. The molecule has 1 fully saturated rings. The molecule has 2 aromatic carbocycles. The van der Waals surface area contributed by atoms with E-state index in [9.17, 15) is 19.5 Å². The van der Waals surface area contributed by atoms with Crippen molar-refractivity contribution in [3.8, 4) is 11.5 Å². The van der Waals surface area contributed by atoms with E-state index in [1.165, 1.54) is 4.90 Å². The van der Waals surface area contributed by atoms with Crippen LogP contribution in [0.25, 0.3) is 5.76 Å². The normalized spacial score (nSPS) is 16.3. The Balaban J connectivity index is 1.88. The molecule has 1 unspecified atom stereocenters. The molecule has 0 bridgehead atoms. The number of aromatic nitrogens is 1. The predicted molar refractivity (Wildman–Crippen MR) is 147 cm³/mol. The third-order valence-corrected chi connectivity index (χ3v) is 7.01. The van der Waals surface area contributed by atoms with Crippen molar-refractivity contribution in [2.45, 2.75) is 26.8 Å². The molecule has 1 aliphatic rings. The molecule has 4 rings (SSSR count). The molecule has 1 saturated heterocycles. The molecule has 1 aliphatic heterocycles. The lowest BCUT2D eigenvalue weighted by Crippen LogP contribution is -2.29. The number of ether oxygens (including phenoxy) is 3. The lowest BCUT2D eigenvalue weighted by molar-refractivity contribution is -0.132. The summed E-state index contributed by atoms with van der Waals surface area (Å²) in [6.07, 6.45) is 1.60. The Kier molecular flexibility index (Phi) is 8.46. The zero-order valence-electron chi connectivity index (χ0n) is 21.8. The van der Waals surface area contributed by atoms with Crippen molar-refractivity contribution in [2.24, 2.45) is 0 Å². The summed E-state index contributed by atoms with van der Waals surface area (Å²) in [5.41, 5.74) is 1.09. The summed E-state index contributed by atoms with van der Waals surface area (Å²) < 4.78 is 16.3. The summed E-state index contributed by atoms with van der Waals surface area (Å²) in [6.45, 7) is 9.73. The zero-order valence-corrected chi connectivity index (χ0v) is 22.6. The smallest absolute Gasteiger partial charge is 0.350 e. The number of aryl methyl sites for hydroxylation is 1. The number of rotatable bonds is 10. The van der Waals surface area contributed by atoms with Crippen molar-refractivity contribution in [2.75, 3.05) is 24.7 Å². The highest BCUT2D eigenvalue weighted by Crippen LogP contribution is 2.44. The van der Waals surface area contributed by atoms with Crippen molar-refractivity contribution in [1.82, 2.24) is 4.98 Å². The maximum atomic E-state index is 13.5. The first kappa shape index (κ1) is 27.6. The summed E-state index contributed by atoms with van der Waals surface area (Å²) in [4.78, 5) is 45.2. The molecule has 0 saturated carbocycles. The van der Waals surface area contributed by atoms with Crippen LogP contribution in [0.1, 0.15) is 46.4 Å². The number of carbonyl (C=O) groups excluding carboxylic acids is 3. The summed E-state index contributed by atoms with van der Waals surface area (Å²) in [5, 5.41) is 11.5. The highest BCUT2D eigenvalue weighted by atomic mass is 32.1. The van der Waals surface area contributed by atoms with Crippen LogP contribution in [-0.4, -0.2) is 47.6 Å². The molecule has 10 heteroatoms. The topological polar surface area (TPSA) is 115 Å². The SMILES string of the molecule is C=CCOc1cccc(C2/C(=C(\O)c3ccc(OCC)cc3)C(=O)C(=O)N2c2nc(C)c(C(=O)OCC)s2)c1. The molecule has 2 heterocycles. The maximum Gasteiger partial charge on any atom is 0.350 e. The van der Waals surface area contributed by atoms with Gasteiger partial charge in [-0.3, -0.25) is 14.5 Å². The summed E-state index contributed by atoms with van der Waals surface area (Å²) in [5.74, 6) is -1.59. The number of esters is 1. The third kappa shape index (κ3) is 5.56. The van der Waals surface area contributed by atoms with Gasteiger partial charge >= 0.3 is 11.9 Å². The van der Waals surface area contributed by atoms with Gasteiger partial charge in [-0.15, -0.1) is 0 Å². The Morgan fingerprint density at radius 1 is 1.10 bits per heavy atom. The molecular formula is C29H28N2O7S. The van der Waals surface area contributed by atoms with Crippen LogP contribution in [0.4, 0.5) is 5.13 Å². The van der Waals surface area contributed by atoms with Gasteiger partial charge in [-0.25, -0.2) is 9.78 Å². The van der Waals surface area contributed by atoms with Crippen molar-refractivity contribution in [3.63, 3.8) is 0 Å². The molecule has 39 heavy (non-hydrogen) atoms. The number of ketones is 1. The van der Waals surface area contributed by atoms with Gasteiger partial charge in [-0.2, -0.15) is 0 Å². The number of hydrogen-bond donors (Lipinski definition) is 1. The van der Waals surface area contributed by atoms with Crippen LogP contribution in [0.3, 0.4) is 0 Å². The van der Waals surface area contributed by atoms with E-state index >= 15 is 0 Å². The van der Waals surface area contributed by atoms with Gasteiger partial charge in [0.25, 0.3) is 5.78 Å². The second kappa shape index (κ2) is 12.0. The Morgan fingerprint density at radius 3 is 2.51 bits per heavy atom. The average Bonchev–Trinajstić information content (AvgIpc) is 3.44. The highest BCUT2D eigenvalue weighted by Gasteiger charge is 2.48. The number of thiazole rings is 1. The number of aliphatic hydroxyl groups excluding tert-OH is 1. The zero-order chi connectivity index (χ0) is 28.1. The van der Waals surface area contributed by atoms with Crippen LogP contribution in [0.5, 0.6) is 11.5 Å². The van der Waals surface area contributed by atoms with Gasteiger partial charge < -0.3 is 19.3 Å². The van der Waals surface area contributed by atoms with Gasteiger partial charge in [0.15, 0.2) is 5.13 Å². The predicted octanol–water partition coefficient (Wildman–Crippen LogP) is 5.22. The first-order valence-corrected chi connectivity index (χ1v) is 13.1. The fourth-order valence-corrected chi connectivity index (χ4v) is 5.16. The van der Waals surface area contributed by atoms with E-state index in [4.69, 9.17) is 14.2 Å². The number of aliphatic hydroxyl groups is 1. The molecule has 0 radical (unpaired) electrons. The molecule has 0 spiro atoms. The minimum atomic E-state index is -1.04. The number of Topliss-reactive ketones (excluding diaryl/α,β-unsaturated/α-hetero) is 1. The molecule has 0 aliphatic carbocycles. The van der Waals surface area contributed by atoms with E-state index < -0.39 is 23.7 Å². The number of benzene rings is 2. The van der Waals surface area contributed by atoms with Gasteiger partial charge in [-0.05, 0) is 62.7 Å². The Bertz CT molecular complexity index is 1440. The fraction of sp³-hybridized carbons (Fsp3) is 0.241. The van der Waals surface area contributed by atoms with Crippen molar-refractivity contribution in [3.05, 3.63) is 88.5 Å². The van der Waals surface area contributed by atoms with Gasteiger partial charge in [0.05, 0.1) is 30.5 Å². The quantitative estimate of drug-likeness (QED) is 0.121. The summed E-state index contributed by atoms with van der Waals surface area (Å²) >= 11 is 0.946. The van der Waals surface area contributed by atoms with Crippen molar-refractivity contribution in [1.29, 1.82) is 0 Å². The molecular weight excluding hydrogens is 520 g/mol. The van der Waals surface area contributed by atoms with E-state index in [-0.39, 0.29) is 34.6 Å². The average molecular weight is 549 g/mol. The number of carbonyl (C=O) groups is 3. The Hall–Kier alpha value is -4.44. The number of nitrogens with zero attached hydrogens (tertiary/aromatic N) is 2. The Labute approximate surface area is 230 Å². The van der Waals surface area contributed by atoms with Crippen molar-refractivity contribution >= 4 is 39.9 Å². The lowest BCUT2D eigenvalue weighted by atomic mass is 9.95. The van der Waals surface area contributed by atoms with Gasteiger partial charge in [0, 0.05) is 5.56 Å².